The lowest BCUT2D eigenvalue weighted by molar-refractivity contribution is -0.0445. The predicted molar refractivity (Wildman–Crippen MR) is 76.8 cm³/mol. The summed E-state index contributed by atoms with van der Waals surface area (Å²) in [6, 6.07) is 0.717. The second-order valence-electron chi connectivity index (χ2n) is 6.61. The first kappa shape index (κ1) is 14.3. The van der Waals surface area contributed by atoms with Gasteiger partial charge in [0.05, 0.1) is 12.2 Å². The van der Waals surface area contributed by atoms with Gasteiger partial charge in [-0.05, 0) is 63.3 Å². The highest BCUT2D eigenvalue weighted by Gasteiger charge is 2.30. The van der Waals surface area contributed by atoms with Gasteiger partial charge in [0.1, 0.15) is 0 Å². The molecule has 0 radical (unpaired) electrons. The molecule has 1 N–H and O–H groups in total. The third-order valence-corrected chi connectivity index (χ3v) is 5.00. The van der Waals surface area contributed by atoms with Crippen molar-refractivity contribution in [1.29, 1.82) is 0 Å². The molecule has 0 aromatic rings. The van der Waals surface area contributed by atoms with Crippen LogP contribution in [0, 0.1) is 11.8 Å². The van der Waals surface area contributed by atoms with Crippen molar-refractivity contribution in [1.82, 2.24) is 5.32 Å². The van der Waals surface area contributed by atoms with E-state index in [1.165, 1.54) is 44.9 Å². The van der Waals surface area contributed by atoms with E-state index in [0.29, 0.717) is 12.2 Å². The molecule has 0 spiro atoms. The quantitative estimate of drug-likeness (QED) is 0.805. The SMILES string of the molecule is CCCNC1CCC(OC2CCC(C)C(C)C2)C1. The Morgan fingerprint density at radius 2 is 1.67 bits per heavy atom. The summed E-state index contributed by atoms with van der Waals surface area (Å²) in [7, 11) is 0. The predicted octanol–water partition coefficient (Wildman–Crippen LogP) is 3.75. The van der Waals surface area contributed by atoms with Crippen LogP contribution in [0.3, 0.4) is 0 Å². The van der Waals surface area contributed by atoms with Crippen LogP contribution in [0.25, 0.3) is 0 Å². The summed E-state index contributed by atoms with van der Waals surface area (Å²) in [5.41, 5.74) is 0. The molecule has 0 bridgehead atoms. The zero-order valence-corrected chi connectivity index (χ0v) is 12.5. The van der Waals surface area contributed by atoms with Crippen molar-refractivity contribution in [2.75, 3.05) is 6.54 Å². The summed E-state index contributed by atoms with van der Waals surface area (Å²) in [4.78, 5) is 0. The Bertz CT molecular complexity index is 243. The van der Waals surface area contributed by atoms with Crippen LogP contribution in [-0.2, 0) is 4.74 Å². The maximum Gasteiger partial charge on any atom is 0.0594 e. The molecular weight excluding hydrogens is 222 g/mol. The standard InChI is InChI=1S/C16H31NO/c1-4-9-17-14-6-8-16(11-14)18-15-7-5-12(2)13(3)10-15/h12-17H,4-11H2,1-3H3. The third kappa shape index (κ3) is 3.96. The first-order chi connectivity index (χ1) is 8.69. The smallest absolute Gasteiger partial charge is 0.0594 e. The summed E-state index contributed by atoms with van der Waals surface area (Å²) in [5, 5.41) is 3.63. The zero-order chi connectivity index (χ0) is 13.0. The molecule has 2 aliphatic carbocycles. The normalized spacial score (nSPS) is 41.2. The van der Waals surface area contributed by atoms with E-state index in [9.17, 15) is 0 Å². The van der Waals surface area contributed by atoms with E-state index in [1.54, 1.807) is 0 Å². The second kappa shape index (κ2) is 6.91. The molecule has 2 nitrogen and oxygen atoms in total. The van der Waals surface area contributed by atoms with Gasteiger partial charge in [-0.2, -0.15) is 0 Å². The second-order valence-corrected chi connectivity index (χ2v) is 6.61. The molecule has 0 heterocycles. The summed E-state index contributed by atoms with van der Waals surface area (Å²) in [5.74, 6) is 1.74. The van der Waals surface area contributed by atoms with Crippen LogP contribution in [0.1, 0.15) is 65.7 Å². The van der Waals surface area contributed by atoms with Crippen LogP contribution < -0.4 is 5.32 Å². The van der Waals surface area contributed by atoms with E-state index in [4.69, 9.17) is 4.74 Å². The molecule has 2 rings (SSSR count). The van der Waals surface area contributed by atoms with Crippen molar-refractivity contribution >= 4 is 0 Å². The Kier molecular flexibility index (Phi) is 5.50. The van der Waals surface area contributed by atoms with E-state index in [0.717, 1.165) is 24.4 Å². The molecule has 0 amide bonds. The lowest BCUT2D eigenvalue weighted by Crippen LogP contribution is -2.31. The molecule has 5 unspecified atom stereocenters. The van der Waals surface area contributed by atoms with Crippen molar-refractivity contribution in [3.8, 4) is 0 Å². The van der Waals surface area contributed by atoms with Gasteiger partial charge in [-0.25, -0.2) is 0 Å². The fraction of sp³-hybridized carbons (Fsp3) is 1.00. The summed E-state index contributed by atoms with van der Waals surface area (Å²) in [6.45, 7) is 8.18. The lowest BCUT2D eigenvalue weighted by Gasteiger charge is -2.33. The third-order valence-electron chi connectivity index (χ3n) is 5.00. The topological polar surface area (TPSA) is 21.3 Å². The van der Waals surface area contributed by atoms with Gasteiger partial charge in [0.2, 0.25) is 0 Å². The highest BCUT2D eigenvalue weighted by Crippen LogP contribution is 2.33. The summed E-state index contributed by atoms with van der Waals surface area (Å²) in [6.07, 6.45) is 10.1. The molecule has 106 valence electrons. The van der Waals surface area contributed by atoms with Gasteiger partial charge in [-0.15, -0.1) is 0 Å². The van der Waals surface area contributed by atoms with Crippen LogP contribution >= 0.6 is 0 Å². The van der Waals surface area contributed by atoms with Crippen LogP contribution in [0.4, 0.5) is 0 Å². The maximum absolute atomic E-state index is 6.34. The first-order valence-electron chi connectivity index (χ1n) is 8.07. The molecule has 0 aliphatic heterocycles. The van der Waals surface area contributed by atoms with Crippen molar-refractivity contribution in [2.45, 2.75) is 84.0 Å². The van der Waals surface area contributed by atoms with Crippen molar-refractivity contribution in [2.24, 2.45) is 11.8 Å². The molecule has 18 heavy (non-hydrogen) atoms. The minimum Gasteiger partial charge on any atom is -0.375 e. The first-order valence-corrected chi connectivity index (χ1v) is 8.07. The summed E-state index contributed by atoms with van der Waals surface area (Å²) < 4.78 is 6.34. The zero-order valence-electron chi connectivity index (χ0n) is 12.5. The van der Waals surface area contributed by atoms with Gasteiger partial charge >= 0.3 is 0 Å². The minimum atomic E-state index is 0.532. The number of hydrogen-bond acceptors (Lipinski definition) is 2. The number of hydrogen-bond donors (Lipinski definition) is 1. The molecule has 2 aliphatic rings. The average Bonchev–Trinajstić information content (AvgIpc) is 2.79. The van der Waals surface area contributed by atoms with Crippen LogP contribution in [0.15, 0.2) is 0 Å². The van der Waals surface area contributed by atoms with Gasteiger partial charge in [0, 0.05) is 6.04 Å². The number of rotatable bonds is 5. The van der Waals surface area contributed by atoms with Gasteiger partial charge in [0.15, 0.2) is 0 Å². The van der Waals surface area contributed by atoms with E-state index >= 15 is 0 Å². The van der Waals surface area contributed by atoms with E-state index < -0.39 is 0 Å². The van der Waals surface area contributed by atoms with Gasteiger partial charge in [0.25, 0.3) is 0 Å². The lowest BCUT2D eigenvalue weighted by atomic mass is 9.80. The molecular formula is C16H31NO. The molecule has 0 aromatic carbocycles. The molecule has 0 aromatic heterocycles. The fourth-order valence-electron chi connectivity index (χ4n) is 3.49. The van der Waals surface area contributed by atoms with E-state index in [1.807, 2.05) is 0 Å². The van der Waals surface area contributed by atoms with E-state index in [2.05, 4.69) is 26.1 Å². The van der Waals surface area contributed by atoms with E-state index in [-0.39, 0.29) is 0 Å². The Labute approximate surface area is 113 Å². The van der Waals surface area contributed by atoms with Gasteiger partial charge in [-0.3, -0.25) is 0 Å². The fourth-order valence-corrected chi connectivity index (χ4v) is 3.49. The van der Waals surface area contributed by atoms with Gasteiger partial charge < -0.3 is 10.1 Å². The van der Waals surface area contributed by atoms with Crippen molar-refractivity contribution in [3.05, 3.63) is 0 Å². The Morgan fingerprint density at radius 3 is 2.39 bits per heavy atom. The molecule has 2 fully saturated rings. The average molecular weight is 253 g/mol. The number of ether oxygens (including phenoxy) is 1. The Balaban J connectivity index is 1.68. The molecule has 5 atom stereocenters. The highest BCUT2D eigenvalue weighted by molar-refractivity contribution is 4.83. The monoisotopic (exact) mass is 253 g/mol. The minimum absolute atomic E-state index is 0.532. The number of nitrogens with one attached hydrogen (secondary N) is 1. The van der Waals surface area contributed by atoms with Crippen LogP contribution in [-0.4, -0.2) is 24.8 Å². The Morgan fingerprint density at radius 1 is 0.944 bits per heavy atom. The largest absolute Gasteiger partial charge is 0.375 e. The van der Waals surface area contributed by atoms with Crippen LogP contribution in [0.2, 0.25) is 0 Å². The molecule has 0 saturated heterocycles. The van der Waals surface area contributed by atoms with Gasteiger partial charge in [-0.1, -0.05) is 20.8 Å². The summed E-state index contributed by atoms with van der Waals surface area (Å²) >= 11 is 0. The highest BCUT2D eigenvalue weighted by atomic mass is 16.5. The van der Waals surface area contributed by atoms with Crippen molar-refractivity contribution < 1.29 is 4.74 Å². The molecule has 2 heteroatoms. The van der Waals surface area contributed by atoms with Crippen molar-refractivity contribution in [3.63, 3.8) is 0 Å². The molecule has 2 saturated carbocycles. The maximum atomic E-state index is 6.34. The Hall–Kier alpha value is -0.0800. The van der Waals surface area contributed by atoms with Crippen LogP contribution in [0.5, 0.6) is 0 Å².